The number of hydrogen-bond donors (Lipinski definition) is 34. The van der Waals surface area contributed by atoms with Crippen molar-refractivity contribution in [3.8, 4) is 0 Å². The predicted octanol–water partition coefficient (Wildman–Crippen LogP) is -23.1. The van der Waals surface area contributed by atoms with Crippen LogP contribution in [0.25, 0.3) is 0 Å². The van der Waals surface area contributed by atoms with E-state index in [1.54, 1.807) is 0 Å². The van der Waals surface area contributed by atoms with Crippen LogP contribution in [0.1, 0.15) is 41.5 Å². The molecular weight excluding hydrogens is 1880 g/mol. The van der Waals surface area contributed by atoms with Gasteiger partial charge >= 0.3 is 5.97 Å². The number of aliphatic carboxylic acids is 1. The van der Waals surface area contributed by atoms with Crippen LogP contribution in [0, 0.1) is 0 Å². The SMILES string of the molecule is CC(=O)N[C@@H]1[C@@H](O)[C@H](O[C@@H]2O[C@H](CO)[C@@H](O[C@@H]3O[C@H](CO[C@H]4O[C@H](CO)[C@@H](O[C@@H]5O[C@H](CO)[C@@H](O)[C@H](O)[C@H]5NC(C)=O)[C@H](O)[C@@H]4O)[C@@H](O)[C@H](O[C@H]4O[C@H](CO)[C@@H](O)[C@H](O)[C@@H]4O[C@@H]4O[C@H](CO)[C@@H](O[C@@H]5O[C@H](CO)[C@H](O)[C@H](O[C@@H]6O[C@H](CO)[C@H](O)[C@H](O[C@@H]7O[C@H](C(=O)O)[C@@H](O)[C@H](O)[C@H]7O)[C@H]6O)[C@H]5NC(C)=O)[C@H](O)[C@H]4NC(C)=O)[C@@H]3O)[C@H](O)[C@H]2NC(C)=O)[C@@H](CO[C@@H]2O[C@@H](C)[C@@H](O)[C@@H](O)[C@@H]2O)O[C@H]1O. The normalized spacial score (nSPS) is 48.9. The topological polar surface area (TPSA) is 943 Å². The summed E-state index contributed by atoms with van der Waals surface area (Å²) in [6.07, 6.45) is -107. The van der Waals surface area contributed by atoms with Gasteiger partial charge in [-0.3, -0.25) is 24.0 Å². The molecule has 61 nitrogen and oxygen atoms in total. The van der Waals surface area contributed by atoms with E-state index in [1.807, 2.05) is 0 Å². The second kappa shape index (κ2) is 48.7. The molecule has 11 fully saturated rings. The van der Waals surface area contributed by atoms with E-state index < -0.39 is 432 Å². The van der Waals surface area contributed by atoms with Gasteiger partial charge in [-0.2, -0.15) is 0 Å². The van der Waals surface area contributed by atoms with Crippen molar-refractivity contribution in [2.24, 2.45) is 0 Å². The zero-order chi connectivity index (χ0) is 101. The standard InChI is InChI=1S/C76H125N5O56/c1-16-36(94)46(104)51(109)71(119-16)118-15-30-59(43(101)31(66(116)120-30)77-17(2)89)131-68-33(79-19(4)91)45(103)57(27(12-87)125-68)132-75-55(113)62(41(99)29(128-75)14-117-72-53(111)50(108)58(28(13-88)127-72)130-67-32(78-18(3)90)42(100)37(95)22(7-82)121-67)135-76-64(48(106)38(96)23(8-83)124-76)137-69-34(80-20(5)92)44(102)56(26(11-86)126-69)129-70-35(81-21(6)93)60(39(97)24(9-84)122-70)133-74-54(112)61(40(98)25(10-85)123-74)134-73-52(110)47(105)49(107)63(136-73)65(114)115/h16,22-64,66-76,82-88,94-113,116H,7-15H2,1-6H3,(H,77,89)(H,78,90)(H,79,91)(H,80,92)(H,81,93)(H,114,115)/t16-,22+,23+,24+,25+,26+,27+,28+,29+,30+,31+,32+,33+,34+,35+,36+,37+,38+,39-,40-,41+,42+,43+,44+,45+,46+,47-,48-,49-,50+,51-,52+,53-,54+,55-,56+,57+,58+,59+,60+,61-,62-,63-,64-,66+,67-,68-,69-,70-,71+,72-,73+,74-,75-,76+/m0/s1. The monoisotopic (exact) mass is 2000 g/mol. The Kier molecular flexibility index (Phi) is 39.9. The summed E-state index contributed by atoms with van der Waals surface area (Å²) in [7, 11) is 0. The molecule has 0 saturated carbocycles. The summed E-state index contributed by atoms with van der Waals surface area (Å²) in [6, 6.07) is -9.64. The van der Waals surface area contributed by atoms with Gasteiger partial charge in [-0.25, -0.2) is 4.79 Å². The van der Waals surface area contributed by atoms with Gasteiger partial charge in [0.2, 0.25) is 29.5 Å². The van der Waals surface area contributed by atoms with Crippen LogP contribution in [-0.4, -0.2) is 581 Å². The van der Waals surface area contributed by atoms with E-state index in [1.165, 1.54) is 6.92 Å². The van der Waals surface area contributed by atoms with Gasteiger partial charge in [0.1, 0.15) is 256 Å². The van der Waals surface area contributed by atoms with E-state index in [0.29, 0.717) is 0 Å². The molecule has 11 saturated heterocycles. The van der Waals surface area contributed by atoms with Gasteiger partial charge in [-0.15, -0.1) is 0 Å². The minimum absolute atomic E-state index is 0.823. The van der Waals surface area contributed by atoms with Crippen LogP contribution in [0.15, 0.2) is 0 Å². The van der Waals surface area contributed by atoms with Gasteiger partial charge in [0.25, 0.3) is 0 Å². The van der Waals surface area contributed by atoms with Crippen molar-refractivity contribution in [1.29, 1.82) is 0 Å². The number of carbonyl (C=O) groups excluding carboxylic acids is 5. The fourth-order valence-electron chi connectivity index (χ4n) is 17.7. The van der Waals surface area contributed by atoms with Crippen LogP contribution >= 0.6 is 0 Å². The van der Waals surface area contributed by atoms with Crippen molar-refractivity contribution in [1.82, 2.24) is 26.6 Å². The van der Waals surface area contributed by atoms with Crippen LogP contribution in [0.5, 0.6) is 0 Å². The highest BCUT2D eigenvalue weighted by atomic mass is 16.8. The first-order valence-corrected chi connectivity index (χ1v) is 43.5. The average molecular weight is 2000 g/mol. The predicted molar refractivity (Wildman–Crippen MR) is 419 cm³/mol. The van der Waals surface area contributed by atoms with Crippen molar-refractivity contribution < 1.29 is 276 Å². The van der Waals surface area contributed by atoms with Gasteiger partial charge in [0.05, 0.1) is 65.6 Å². The summed E-state index contributed by atoms with van der Waals surface area (Å²) < 4.78 is 124. The molecule has 0 aromatic heterocycles. The van der Waals surface area contributed by atoms with Gasteiger partial charge < -0.3 is 274 Å². The molecule has 0 aromatic carbocycles. The lowest BCUT2D eigenvalue weighted by Gasteiger charge is -2.51. The van der Waals surface area contributed by atoms with Crippen LogP contribution in [0.2, 0.25) is 0 Å². The van der Waals surface area contributed by atoms with Gasteiger partial charge in [-0.1, -0.05) is 0 Å². The lowest BCUT2D eigenvalue weighted by Crippen LogP contribution is -2.71. The molecule has 0 aliphatic carbocycles. The minimum atomic E-state index is -2.65. The molecule has 0 spiro atoms. The molecule has 0 unspecified atom stereocenters. The Morgan fingerprint density at radius 1 is 0.226 bits per heavy atom. The summed E-state index contributed by atoms with van der Waals surface area (Å²) in [5, 5.41) is 338. The number of amides is 5. The molecule has 11 aliphatic heterocycles. The lowest BCUT2D eigenvalue weighted by molar-refractivity contribution is -0.398. The summed E-state index contributed by atoms with van der Waals surface area (Å²) in [5.41, 5.74) is 0. The first-order chi connectivity index (χ1) is 64.7. The molecule has 55 atom stereocenters. The number of rotatable bonds is 35. The largest absolute Gasteiger partial charge is 0.479 e. The van der Waals surface area contributed by atoms with Crippen molar-refractivity contribution >= 4 is 35.5 Å². The number of aliphatic hydroxyl groups is 28. The van der Waals surface area contributed by atoms with Gasteiger partial charge in [0, 0.05) is 34.6 Å². The molecule has 0 radical (unpaired) electrons. The quantitative estimate of drug-likeness (QED) is 0.0280. The number of ether oxygens (including phenoxy) is 21. The van der Waals surface area contributed by atoms with Crippen molar-refractivity contribution in [2.75, 3.05) is 59.5 Å². The fourth-order valence-corrected chi connectivity index (χ4v) is 17.7. The van der Waals surface area contributed by atoms with Crippen molar-refractivity contribution in [3.05, 3.63) is 0 Å². The maximum atomic E-state index is 13.4. The second-order valence-electron chi connectivity index (χ2n) is 34.6. The fraction of sp³-hybridized carbons (Fsp3) is 0.921. The summed E-state index contributed by atoms with van der Waals surface area (Å²) in [6.45, 7) is -4.41. The third kappa shape index (κ3) is 25.0. The Labute approximate surface area is 774 Å². The lowest BCUT2D eigenvalue weighted by atomic mass is 9.93. The maximum absolute atomic E-state index is 13.4. The summed E-state index contributed by atoms with van der Waals surface area (Å²) >= 11 is 0. The Morgan fingerprint density at radius 2 is 0.511 bits per heavy atom. The Morgan fingerprint density at radius 3 is 0.978 bits per heavy atom. The van der Waals surface area contributed by atoms with Crippen LogP contribution in [0.4, 0.5) is 0 Å². The Bertz CT molecular complexity index is 3860. The number of carbonyl (C=O) groups is 6. The van der Waals surface area contributed by atoms with Crippen LogP contribution < -0.4 is 26.6 Å². The highest BCUT2D eigenvalue weighted by Gasteiger charge is 2.63. The van der Waals surface area contributed by atoms with E-state index in [9.17, 15) is 177 Å². The zero-order valence-corrected chi connectivity index (χ0v) is 73.6. The Balaban J connectivity index is 0.889. The third-order valence-corrected chi connectivity index (χ3v) is 24.9. The molecule has 11 rings (SSSR count). The number of nitrogens with one attached hydrogen (secondary N) is 5. The van der Waals surface area contributed by atoms with E-state index >= 15 is 0 Å². The van der Waals surface area contributed by atoms with Crippen molar-refractivity contribution in [2.45, 2.75) is 379 Å². The van der Waals surface area contributed by atoms with E-state index in [0.717, 1.165) is 34.6 Å². The number of hydrogen-bond acceptors (Lipinski definition) is 55. The number of carboxylic acid groups (broad SMARTS) is 1. The van der Waals surface area contributed by atoms with Crippen LogP contribution in [-0.2, 0) is 128 Å². The first-order valence-electron chi connectivity index (χ1n) is 43.5. The second-order valence-corrected chi connectivity index (χ2v) is 34.6. The van der Waals surface area contributed by atoms with Gasteiger partial charge in [-0.05, 0) is 6.92 Å². The molecule has 5 amide bonds. The molecule has 0 bridgehead atoms. The number of carboxylic acids is 1. The smallest absolute Gasteiger partial charge is 0.335 e. The highest BCUT2D eigenvalue weighted by Crippen LogP contribution is 2.42. The molecule has 11 heterocycles. The summed E-state index contributed by atoms with van der Waals surface area (Å²) in [4.78, 5) is 76.7. The molecule has 137 heavy (non-hydrogen) atoms. The molecule has 61 heteroatoms. The maximum Gasteiger partial charge on any atom is 0.335 e. The summed E-state index contributed by atoms with van der Waals surface area (Å²) in [5.74, 6) is -6.65. The minimum Gasteiger partial charge on any atom is -0.479 e. The van der Waals surface area contributed by atoms with E-state index in [4.69, 9.17) is 99.5 Å². The number of aliphatic hydroxyl groups excluding tert-OH is 28. The van der Waals surface area contributed by atoms with E-state index in [-0.39, 0.29) is 0 Å². The molecular formula is C76H125N5O56. The molecule has 11 aliphatic rings. The Hall–Kier alpha value is -5.14. The third-order valence-electron chi connectivity index (χ3n) is 24.9. The molecule has 0 aromatic rings. The zero-order valence-electron chi connectivity index (χ0n) is 73.6. The molecule has 790 valence electrons. The highest BCUT2D eigenvalue weighted by molar-refractivity contribution is 5.75. The average Bonchev–Trinajstić information content (AvgIpc) is 0.760. The first kappa shape index (κ1) is 112. The van der Waals surface area contributed by atoms with Gasteiger partial charge in [0.15, 0.2) is 75.3 Å². The van der Waals surface area contributed by atoms with Crippen LogP contribution in [0.3, 0.4) is 0 Å². The molecule has 34 N–H and O–H groups in total. The van der Waals surface area contributed by atoms with E-state index in [2.05, 4.69) is 26.6 Å². The van der Waals surface area contributed by atoms with Crippen molar-refractivity contribution in [3.63, 3.8) is 0 Å².